The molecule has 2 aliphatic rings. The Morgan fingerprint density at radius 2 is 1.87 bits per heavy atom. The lowest BCUT2D eigenvalue weighted by Crippen LogP contribution is -2.55. The number of carbonyl (C=O) groups is 1. The molecule has 2 unspecified atom stereocenters. The van der Waals surface area contributed by atoms with Crippen LogP contribution in [0.15, 0.2) is 29.3 Å². The minimum Gasteiger partial charge on any atom is -0.368 e. The third-order valence-electron chi connectivity index (χ3n) is 6.16. The van der Waals surface area contributed by atoms with E-state index in [0.717, 1.165) is 57.9 Å². The number of nitrogens with zero attached hydrogens (tertiary/aromatic N) is 4. The van der Waals surface area contributed by atoms with E-state index in [1.165, 1.54) is 11.1 Å². The molecule has 0 saturated carbocycles. The van der Waals surface area contributed by atoms with Gasteiger partial charge in [-0.3, -0.25) is 9.79 Å². The second-order valence-electron chi connectivity index (χ2n) is 8.32. The first-order chi connectivity index (χ1) is 14.5. The van der Waals surface area contributed by atoms with Crippen LogP contribution in [0.5, 0.6) is 0 Å². The standard InChI is InChI=1S/C23H37N5O2/c1-5-18-8-10-19(11-9-18)20(26(3)4)17-25-23(24-2)28-14-12-27(13-15-28)22(29)21-7-6-16-30-21/h8-11,20-21H,5-7,12-17H2,1-4H3,(H,24,25). The molecular weight excluding hydrogens is 378 g/mol. The smallest absolute Gasteiger partial charge is 0.251 e. The molecule has 7 heteroatoms. The predicted octanol–water partition coefficient (Wildman–Crippen LogP) is 1.75. The van der Waals surface area contributed by atoms with Crippen LogP contribution in [-0.2, 0) is 16.0 Å². The first-order valence-electron chi connectivity index (χ1n) is 11.1. The van der Waals surface area contributed by atoms with Crippen LogP contribution in [0.3, 0.4) is 0 Å². The average Bonchev–Trinajstić information content (AvgIpc) is 3.31. The summed E-state index contributed by atoms with van der Waals surface area (Å²) in [5.74, 6) is 1.05. The molecular formula is C23H37N5O2. The molecule has 3 rings (SSSR count). The van der Waals surface area contributed by atoms with Crippen molar-refractivity contribution in [3.63, 3.8) is 0 Å². The number of likely N-dealkylation sites (N-methyl/N-ethyl adjacent to an activating group) is 1. The highest BCUT2D eigenvalue weighted by Gasteiger charge is 2.31. The van der Waals surface area contributed by atoms with E-state index in [0.29, 0.717) is 6.61 Å². The SMILES string of the molecule is CCc1ccc(C(CNC(=NC)N2CCN(C(=O)C3CCCO3)CC2)N(C)C)cc1. The van der Waals surface area contributed by atoms with Crippen molar-refractivity contribution >= 4 is 11.9 Å². The van der Waals surface area contributed by atoms with Crippen molar-refractivity contribution < 1.29 is 9.53 Å². The Hall–Kier alpha value is -2.12. The molecule has 0 aliphatic carbocycles. The molecule has 166 valence electrons. The summed E-state index contributed by atoms with van der Waals surface area (Å²) in [6.07, 6.45) is 2.67. The number of hydrogen-bond donors (Lipinski definition) is 1. The number of aliphatic imine (C=N–C) groups is 1. The number of rotatable bonds is 6. The summed E-state index contributed by atoms with van der Waals surface area (Å²) in [7, 11) is 6.05. The fourth-order valence-electron chi connectivity index (χ4n) is 4.21. The van der Waals surface area contributed by atoms with Gasteiger partial charge in [-0.2, -0.15) is 0 Å². The summed E-state index contributed by atoms with van der Waals surface area (Å²) in [6, 6.07) is 9.14. The topological polar surface area (TPSA) is 60.4 Å². The van der Waals surface area contributed by atoms with Crippen molar-refractivity contribution in [3.8, 4) is 0 Å². The van der Waals surface area contributed by atoms with E-state index in [9.17, 15) is 4.79 Å². The fourth-order valence-corrected chi connectivity index (χ4v) is 4.21. The summed E-state index contributed by atoms with van der Waals surface area (Å²) < 4.78 is 5.56. The molecule has 0 radical (unpaired) electrons. The molecule has 2 aliphatic heterocycles. The molecule has 1 aromatic carbocycles. The zero-order valence-electron chi connectivity index (χ0n) is 18.9. The number of nitrogens with one attached hydrogen (secondary N) is 1. The molecule has 2 fully saturated rings. The molecule has 1 aromatic rings. The summed E-state index contributed by atoms with van der Waals surface area (Å²) in [6.45, 7) is 6.68. The largest absolute Gasteiger partial charge is 0.368 e. The Balaban J connectivity index is 1.53. The van der Waals surface area contributed by atoms with Gasteiger partial charge >= 0.3 is 0 Å². The first-order valence-corrected chi connectivity index (χ1v) is 11.1. The summed E-state index contributed by atoms with van der Waals surface area (Å²) in [4.78, 5) is 23.5. The number of benzene rings is 1. The van der Waals surface area contributed by atoms with Gasteiger partial charge in [-0.05, 0) is 44.5 Å². The van der Waals surface area contributed by atoms with E-state index in [-0.39, 0.29) is 18.1 Å². The lowest BCUT2D eigenvalue weighted by Gasteiger charge is -2.38. The molecule has 0 aromatic heterocycles. The molecule has 1 amide bonds. The molecule has 2 heterocycles. The Labute approximate surface area is 181 Å². The van der Waals surface area contributed by atoms with E-state index < -0.39 is 0 Å². The number of hydrogen-bond acceptors (Lipinski definition) is 4. The van der Waals surface area contributed by atoms with E-state index in [1.54, 1.807) is 0 Å². The minimum atomic E-state index is -0.228. The van der Waals surface area contributed by atoms with Gasteiger partial charge in [0.1, 0.15) is 6.10 Å². The van der Waals surface area contributed by atoms with Crippen molar-refractivity contribution in [3.05, 3.63) is 35.4 Å². The normalized spacial score (nSPS) is 21.2. The summed E-state index contributed by atoms with van der Waals surface area (Å²) in [5, 5.41) is 3.55. The maximum Gasteiger partial charge on any atom is 0.251 e. The Bertz CT molecular complexity index is 705. The molecule has 0 spiro atoms. The number of piperazine rings is 1. The monoisotopic (exact) mass is 415 g/mol. The van der Waals surface area contributed by atoms with Crippen molar-refractivity contribution in [1.82, 2.24) is 20.0 Å². The van der Waals surface area contributed by atoms with Gasteiger partial charge in [-0.1, -0.05) is 31.2 Å². The highest BCUT2D eigenvalue weighted by Crippen LogP contribution is 2.19. The van der Waals surface area contributed by atoms with Gasteiger partial charge in [0.15, 0.2) is 5.96 Å². The fraction of sp³-hybridized carbons (Fsp3) is 0.652. The number of amides is 1. The lowest BCUT2D eigenvalue weighted by molar-refractivity contribution is -0.142. The van der Waals surface area contributed by atoms with Crippen LogP contribution in [0.4, 0.5) is 0 Å². The zero-order valence-corrected chi connectivity index (χ0v) is 18.9. The maximum atomic E-state index is 12.6. The van der Waals surface area contributed by atoms with E-state index in [4.69, 9.17) is 4.74 Å². The number of guanidine groups is 1. The van der Waals surface area contributed by atoms with Crippen molar-refractivity contribution in [2.75, 3.05) is 60.5 Å². The number of carbonyl (C=O) groups excluding carboxylic acids is 1. The Kier molecular flexibility index (Phi) is 8.10. The van der Waals surface area contributed by atoms with Crippen LogP contribution in [-0.4, -0.2) is 93.1 Å². The van der Waals surface area contributed by atoms with Gasteiger partial charge in [-0.25, -0.2) is 0 Å². The van der Waals surface area contributed by atoms with Crippen LogP contribution in [0.1, 0.15) is 36.9 Å². The van der Waals surface area contributed by atoms with Gasteiger partial charge in [0, 0.05) is 46.4 Å². The van der Waals surface area contributed by atoms with Crippen molar-refractivity contribution in [1.29, 1.82) is 0 Å². The van der Waals surface area contributed by atoms with Crippen LogP contribution in [0.2, 0.25) is 0 Å². The Morgan fingerprint density at radius 1 is 1.20 bits per heavy atom. The maximum absolute atomic E-state index is 12.6. The van der Waals surface area contributed by atoms with Gasteiger partial charge in [0.25, 0.3) is 5.91 Å². The summed E-state index contributed by atoms with van der Waals surface area (Å²) >= 11 is 0. The van der Waals surface area contributed by atoms with Gasteiger partial charge < -0.3 is 24.8 Å². The number of ether oxygens (including phenoxy) is 1. The third kappa shape index (κ3) is 5.52. The molecule has 2 atom stereocenters. The zero-order chi connectivity index (χ0) is 21.5. The molecule has 0 bridgehead atoms. The van der Waals surface area contributed by atoms with Gasteiger partial charge in [-0.15, -0.1) is 0 Å². The highest BCUT2D eigenvalue weighted by molar-refractivity contribution is 5.82. The quantitative estimate of drug-likeness (QED) is 0.567. The molecule has 2 saturated heterocycles. The van der Waals surface area contributed by atoms with Crippen molar-refractivity contribution in [2.45, 2.75) is 38.3 Å². The van der Waals surface area contributed by atoms with Crippen LogP contribution in [0.25, 0.3) is 0 Å². The van der Waals surface area contributed by atoms with E-state index in [1.807, 2.05) is 11.9 Å². The number of aryl methyl sites for hydroxylation is 1. The lowest BCUT2D eigenvalue weighted by atomic mass is 10.0. The highest BCUT2D eigenvalue weighted by atomic mass is 16.5. The predicted molar refractivity (Wildman–Crippen MR) is 121 cm³/mol. The average molecular weight is 416 g/mol. The minimum absolute atomic E-state index is 0.151. The second-order valence-corrected chi connectivity index (χ2v) is 8.32. The van der Waals surface area contributed by atoms with Crippen LogP contribution < -0.4 is 5.32 Å². The van der Waals surface area contributed by atoms with Gasteiger partial charge in [0.05, 0.1) is 6.04 Å². The first kappa shape index (κ1) is 22.6. The van der Waals surface area contributed by atoms with E-state index >= 15 is 0 Å². The van der Waals surface area contributed by atoms with Gasteiger partial charge in [0.2, 0.25) is 0 Å². The second kappa shape index (κ2) is 10.8. The van der Waals surface area contributed by atoms with E-state index in [2.05, 4.69) is 65.4 Å². The summed E-state index contributed by atoms with van der Waals surface area (Å²) in [5.41, 5.74) is 2.66. The van der Waals surface area contributed by atoms with Crippen LogP contribution >= 0.6 is 0 Å². The Morgan fingerprint density at radius 3 is 2.40 bits per heavy atom. The molecule has 7 nitrogen and oxygen atoms in total. The van der Waals surface area contributed by atoms with Crippen LogP contribution in [0, 0.1) is 0 Å². The molecule has 1 N–H and O–H groups in total. The van der Waals surface area contributed by atoms with Crippen molar-refractivity contribution in [2.24, 2.45) is 4.99 Å². The molecule has 30 heavy (non-hydrogen) atoms. The third-order valence-corrected chi connectivity index (χ3v) is 6.16.